The Morgan fingerprint density at radius 2 is 2.56 bits per heavy atom. The van der Waals surface area contributed by atoms with Crippen molar-refractivity contribution in [3.8, 4) is 5.75 Å². The lowest BCUT2D eigenvalue weighted by Gasteiger charge is -2.33. The maximum atomic E-state index is 5.61. The lowest BCUT2D eigenvalue weighted by atomic mass is 10.2. The zero-order valence-electron chi connectivity index (χ0n) is 9.43. The Morgan fingerprint density at radius 3 is 3.31 bits per heavy atom. The molecule has 1 saturated heterocycles. The van der Waals surface area contributed by atoms with Crippen molar-refractivity contribution in [3.63, 3.8) is 0 Å². The molecule has 1 aromatic rings. The van der Waals surface area contributed by atoms with E-state index in [2.05, 4.69) is 9.88 Å². The molecule has 88 valence electrons. The van der Waals surface area contributed by atoms with Gasteiger partial charge < -0.3 is 20.1 Å². The fourth-order valence-corrected chi connectivity index (χ4v) is 1.83. The first-order valence-corrected chi connectivity index (χ1v) is 5.40. The normalized spacial score (nSPS) is 20.9. The van der Waals surface area contributed by atoms with Gasteiger partial charge in [0.15, 0.2) is 11.6 Å². The maximum Gasteiger partial charge on any atom is 0.171 e. The molecule has 1 fully saturated rings. The van der Waals surface area contributed by atoms with E-state index >= 15 is 0 Å². The van der Waals surface area contributed by atoms with E-state index in [9.17, 15) is 0 Å². The largest absolute Gasteiger partial charge is 0.493 e. The van der Waals surface area contributed by atoms with Gasteiger partial charge in [-0.05, 0) is 12.1 Å². The number of aromatic nitrogens is 1. The zero-order valence-corrected chi connectivity index (χ0v) is 9.43. The Bertz CT molecular complexity index is 346. The van der Waals surface area contributed by atoms with E-state index in [0.29, 0.717) is 13.2 Å². The van der Waals surface area contributed by atoms with Gasteiger partial charge in [0.25, 0.3) is 0 Å². The first kappa shape index (κ1) is 11.2. The molecular weight excluding hydrogens is 206 g/mol. The molecule has 1 aromatic heterocycles. The molecule has 2 N–H and O–H groups in total. The lowest BCUT2D eigenvalue weighted by Crippen LogP contribution is -2.46. The number of hydrogen-bond donors (Lipinski definition) is 1. The molecule has 0 saturated carbocycles. The molecule has 5 nitrogen and oxygen atoms in total. The quantitative estimate of drug-likeness (QED) is 0.796. The van der Waals surface area contributed by atoms with Crippen molar-refractivity contribution in [2.75, 3.05) is 38.3 Å². The highest BCUT2D eigenvalue weighted by molar-refractivity contribution is 5.52. The summed E-state index contributed by atoms with van der Waals surface area (Å²) >= 11 is 0. The summed E-state index contributed by atoms with van der Waals surface area (Å²) in [6.07, 6.45) is 1.85. The van der Waals surface area contributed by atoms with Crippen molar-refractivity contribution in [2.24, 2.45) is 5.73 Å². The van der Waals surface area contributed by atoms with Gasteiger partial charge in [0.1, 0.15) is 0 Å². The molecular formula is C11H17N3O2. The van der Waals surface area contributed by atoms with Crippen LogP contribution in [-0.2, 0) is 4.74 Å². The summed E-state index contributed by atoms with van der Waals surface area (Å²) in [5.41, 5.74) is 5.61. The van der Waals surface area contributed by atoms with Gasteiger partial charge in [-0.3, -0.25) is 0 Å². The van der Waals surface area contributed by atoms with Crippen LogP contribution in [0.15, 0.2) is 18.3 Å². The van der Waals surface area contributed by atoms with Gasteiger partial charge in [-0.1, -0.05) is 0 Å². The van der Waals surface area contributed by atoms with Crippen molar-refractivity contribution in [3.05, 3.63) is 18.3 Å². The predicted octanol–water partition coefficient (Wildman–Crippen LogP) is 0.254. The van der Waals surface area contributed by atoms with E-state index in [1.807, 2.05) is 12.1 Å². The van der Waals surface area contributed by atoms with E-state index in [1.165, 1.54) is 0 Å². The minimum atomic E-state index is 0.0838. The average molecular weight is 223 g/mol. The first-order chi connectivity index (χ1) is 7.85. The monoisotopic (exact) mass is 223 g/mol. The predicted molar refractivity (Wildman–Crippen MR) is 61.8 cm³/mol. The van der Waals surface area contributed by atoms with Gasteiger partial charge in [-0.15, -0.1) is 0 Å². The summed E-state index contributed by atoms with van der Waals surface area (Å²) in [6, 6.07) is 3.78. The third-order valence-electron chi connectivity index (χ3n) is 2.67. The fraction of sp³-hybridized carbons (Fsp3) is 0.545. The number of anilines is 1. The Morgan fingerprint density at radius 1 is 1.69 bits per heavy atom. The van der Waals surface area contributed by atoms with Crippen LogP contribution < -0.4 is 15.4 Å². The maximum absolute atomic E-state index is 5.61. The van der Waals surface area contributed by atoms with Crippen LogP contribution in [-0.4, -0.2) is 44.4 Å². The highest BCUT2D eigenvalue weighted by Gasteiger charge is 2.22. The molecule has 2 rings (SSSR count). The molecule has 1 aliphatic heterocycles. The molecule has 0 spiro atoms. The third-order valence-corrected chi connectivity index (χ3v) is 2.67. The van der Waals surface area contributed by atoms with Crippen LogP contribution in [0.4, 0.5) is 5.82 Å². The smallest absolute Gasteiger partial charge is 0.171 e. The summed E-state index contributed by atoms with van der Waals surface area (Å²) < 4.78 is 10.8. The van der Waals surface area contributed by atoms with E-state index in [0.717, 1.165) is 24.7 Å². The number of nitrogens with two attached hydrogens (primary N) is 1. The second-order valence-corrected chi connectivity index (χ2v) is 3.70. The Hall–Kier alpha value is -1.33. The highest BCUT2D eigenvalue weighted by atomic mass is 16.5. The van der Waals surface area contributed by atoms with Gasteiger partial charge in [0.2, 0.25) is 0 Å². The number of ether oxygens (including phenoxy) is 2. The second-order valence-electron chi connectivity index (χ2n) is 3.70. The van der Waals surface area contributed by atoms with E-state index in [4.69, 9.17) is 15.2 Å². The molecule has 0 bridgehead atoms. The van der Waals surface area contributed by atoms with E-state index < -0.39 is 0 Å². The van der Waals surface area contributed by atoms with E-state index in [-0.39, 0.29) is 6.10 Å². The van der Waals surface area contributed by atoms with Gasteiger partial charge >= 0.3 is 0 Å². The molecule has 5 heteroatoms. The highest BCUT2D eigenvalue weighted by Crippen LogP contribution is 2.25. The topological polar surface area (TPSA) is 60.6 Å². The average Bonchev–Trinajstić information content (AvgIpc) is 2.38. The number of rotatable bonds is 3. The number of nitrogens with zero attached hydrogens (tertiary/aromatic N) is 2. The van der Waals surface area contributed by atoms with Crippen molar-refractivity contribution in [2.45, 2.75) is 6.10 Å². The van der Waals surface area contributed by atoms with Crippen molar-refractivity contribution in [1.82, 2.24) is 4.98 Å². The van der Waals surface area contributed by atoms with Gasteiger partial charge in [0, 0.05) is 25.8 Å². The Labute approximate surface area is 95.2 Å². The number of hydrogen-bond acceptors (Lipinski definition) is 5. The Balaban J connectivity index is 2.16. The zero-order chi connectivity index (χ0) is 11.4. The second kappa shape index (κ2) is 5.14. The summed E-state index contributed by atoms with van der Waals surface area (Å²) in [7, 11) is 1.65. The molecule has 2 heterocycles. The molecule has 1 unspecified atom stereocenters. The van der Waals surface area contributed by atoms with Gasteiger partial charge in [0.05, 0.1) is 19.8 Å². The van der Waals surface area contributed by atoms with Gasteiger partial charge in [-0.25, -0.2) is 4.98 Å². The SMILES string of the molecule is COc1cccnc1N1CCOC(CN)C1. The molecule has 0 aliphatic carbocycles. The fourth-order valence-electron chi connectivity index (χ4n) is 1.83. The van der Waals surface area contributed by atoms with E-state index in [1.54, 1.807) is 13.3 Å². The molecule has 0 amide bonds. The van der Waals surface area contributed by atoms with Crippen molar-refractivity contribution < 1.29 is 9.47 Å². The number of methoxy groups -OCH3 is 1. The number of morpholine rings is 1. The molecule has 16 heavy (non-hydrogen) atoms. The van der Waals surface area contributed by atoms with Crippen LogP contribution in [0.5, 0.6) is 5.75 Å². The summed E-state index contributed by atoms with van der Waals surface area (Å²) in [6.45, 7) is 2.81. The van der Waals surface area contributed by atoms with Crippen LogP contribution in [0.25, 0.3) is 0 Å². The van der Waals surface area contributed by atoms with Crippen LogP contribution in [0.3, 0.4) is 0 Å². The van der Waals surface area contributed by atoms with Crippen LogP contribution in [0.1, 0.15) is 0 Å². The molecule has 0 aromatic carbocycles. The Kier molecular flexibility index (Phi) is 3.58. The van der Waals surface area contributed by atoms with Gasteiger partial charge in [-0.2, -0.15) is 0 Å². The lowest BCUT2D eigenvalue weighted by molar-refractivity contribution is 0.0461. The van der Waals surface area contributed by atoms with Crippen LogP contribution in [0.2, 0.25) is 0 Å². The summed E-state index contributed by atoms with van der Waals surface area (Å²) in [4.78, 5) is 6.50. The van der Waals surface area contributed by atoms with Crippen molar-refractivity contribution >= 4 is 5.82 Å². The number of pyridine rings is 1. The summed E-state index contributed by atoms with van der Waals surface area (Å²) in [5.74, 6) is 1.66. The third kappa shape index (κ3) is 2.25. The minimum Gasteiger partial charge on any atom is -0.493 e. The molecule has 1 aliphatic rings. The van der Waals surface area contributed by atoms with Crippen molar-refractivity contribution in [1.29, 1.82) is 0 Å². The molecule has 0 radical (unpaired) electrons. The summed E-state index contributed by atoms with van der Waals surface area (Å²) in [5, 5.41) is 0. The first-order valence-electron chi connectivity index (χ1n) is 5.40. The van der Waals surface area contributed by atoms with Crippen LogP contribution >= 0.6 is 0 Å². The van der Waals surface area contributed by atoms with Crippen LogP contribution in [0, 0.1) is 0 Å². The minimum absolute atomic E-state index is 0.0838. The standard InChI is InChI=1S/C11H17N3O2/c1-15-10-3-2-4-13-11(10)14-5-6-16-9(7-12)8-14/h2-4,9H,5-8,12H2,1H3. The molecule has 1 atom stereocenters.